The number of hydrogen-bond donors (Lipinski definition) is 2. The Morgan fingerprint density at radius 1 is 1.22 bits per heavy atom. The lowest BCUT2D eigenvalue weighted by Gasteiger charge is -2.28. The van der Waals surface area contributed by atoms with Gasteiger partial charge >= 0.3 is 0 Å². The summed E-state index contributed by atoms with van der Waals surface area (Å²) in [5.74, 6) is -2.14. The third-order valence-corrected chi connectivity index (χ3v) is 4.25. The van der Waals surface area contributed by atoms with Gasteiger partial charge in [0, 0.05) is 21.8 Å². The molecular weight excluding hydrogens is 413 g/mol. The maximum atomic E-state index is 12.4. The average molecular weight is 425 g/mol. The molecule has 0 spiro atoms. The Balaban J connectivity index is 1.77. The maximum Gasteiger partial charge on any atom is 0.278 e. The monoisotopic (exact) mass is 425 g/mol. The van der Waals surface area contributed by atoms with Crippen molar-refractivity contribution in [1.29, 1.82) is 0 Å². The zero-order valence-electron chi connectivity index (χ0n) is 11.8. The lowest BCUT2D eigenvalue weighted by Crippen LogP contribution is -2.54. The van der Waals surface area contributed by atoms with E-state index in [9.17, 15) is 19.2 Å². The second-order valence-electron chi connectivity index (χ2n) is 5.17. The van der Waals surface area contributed by atoms with Gasteiger partial charge in [-0.1, -0.05) is 6.07 Å². The van der Waals surface area contributed by atoms with Crippen molar-refractivity contribution < 1.29 is 19.2 Å². The van der Waals surface area contributed by atoms with Crippen LogP contribution in [0.15, 0.2) is 36.0 Å². The molecule has 0 bridgehead atoms. The van der Waals surface area contributed by atoms with Crippen LogP contribution in [0.1, 0.15) is 12.8 Å². The van der Waals surface area contributed by atoms with Crippen LogP contribution in [0, 0.1) is 3.57 Å². The van der Waals surface area contributed by atoms with Crippen LogP contribution in [0.25, 0.3) is 0 Å². The summed E-state index contributed by atoms with van der Waals surface area (Å²) in [7, 11) is 0. The molecule has 2 aliphatic rings. The first-order valence-electron chi connectivity index (χ1n) is 6.91. The molecule has 3 rings (SSSR count). The number of piperidine rings is 1. The van der Waals surface area contributed by atoms with E-state index in [1.807, 2.05) is 18.2 Å². The number of carbonyl (C=O) groups excluding carboxylic acids is 4. The molecule has 1 atom stereocenters. The van der Waals surface area contributed by atoms with Gasteiger partial charge in [-0.05, 0) is 47.2 Å². The van der Waals surface area contributed by atoms with Crippen molar-refractivity contribution in [2.24, 2.45) is 0 Å². The SMILES string of the molecule is O=C1CCC(N2C(=O)C=C(Nc3cccc(I)c3)C2=O)C(=O)N1. The van der Waals surface area contributed by atoms with E-state index in [2.05, 4.69) is 33.2 Å². The van der Waals surface area contributed by atoms with Crippen molar-refractivity contribution in [3.8, 4) is 0 Å². The number of carbonyl (C=O) groups is 4. The molecule has 0 saturated carbocycles. The molecule has 4 amide bonds. The van der Waals surface area contributed by atoms with Gasteiger partial charge in [-0.25, -0.2) is 0 Å². The molecule has 2 aliphatic heterocycles. The number of nitrogens with zero attached hydrogens (tertiary/aromatic N) is 1. The second-order valence-corrected chi connectivity index (χ2v) is 6.42. The zero-order chi connectivity index (χ0) is 16.6. The summed E-state index contributed by atoms with van der Waals surface area (Å²) in [6, 6.07) is 6.38. The number of anilines is 1. The molecule has 23 heavy (non-hydrogen) atoms. The van der Waals surface area contributed by atoms with Gasteiger partial charge < -0.3 is 5.32 Å². The Bertz CT molecular complexity index is 759. The Morgan fingerprint density at radius 2 is 2.00 bits per heavy atom. The quantitative estimate of drug-likeness (QED) is 0.551. The minimum Gasteiger partial charge on any atom is -0.351 e. The summed E-state index contributed by atoms with van der Waals surface area (Å²) >= 11 is 2.14. The number of imide groups is 2. The number of benzene rings is 1. The van der Waals surface area contributed by atoms with Crippen molar-refractivity contribution in [2.45, 2.75) is 18.9 Å². The van der Waals surface area contributed by atoms with Crippen LogP contribution in [0.3, 0.4) is 0 Å². The smallest absolute Gasteiger partial charge is 0.278 e. The Kier molecular flexibility index (Phi) is 4.16. The van der Waals surface area contributed by atoms with Crippen LogP contribution >= 0.6 is 22.6 Å². The molecule has 1 saturated heterocycles. The first kappa shape index (κ1) is 15.7. The molecule has 1 aromatic rings. The first-order chi connectivity index (χ1) is 11.0. The van der Waals surface area contributed by atoms with Crippen LogP contribution < -0.4 is 10.6 Å². The van der Waals surface area contributed by atoms with Crippen molar-refractivity contribution in [3.05, 3.63) is 39.6 Å². The number of rotatable bonds is 3. The third-order valence-electron chi connectivity index (χ3n) is 3.58. The van der Waals surface area contributed by atoms with Gasteiger partial charge in [-0.3, -0.25) is 29.4 Å². The van der Waals surface area contributed by atoms with E-state index in [1.54, 1.807) is 6.07 Å². The standard InChI is InChI=1S/C15H12IN3O4/c16-8-2-1-3-9(6-8)17-10-7-13(21)19(15(10)23)11-4-5-12(20)18-14(11)22/h1-3,6-7,11,17H,4-5H2,(H,18,20,22). The van der Waals surface area contributed by atoms with E-state index in [0.717, 1.165) is 8.47 Å². The highest BCUT2D eigenvalue weighted by molar-refractivity contribution is 14.1. The summed E-state index contributed by atoms with van der Waals surface area (Å²) in [4.78, 5) is 48.5. The molecule has 8 heteroatoms. The molecule has 1 fully saturated rings. The van der Waals surface area contributed by atoms with E-state index < -0.39 is 29.7 Å². The molecule has 0 aromatic heterocycles. The highest BCUT2D eigenvalue weighted by Crippen LogP contribution is 2.23. The Hall–Kier alpha value is -2.23. The largest absolute Gasteiger partial charge is 0.351 e. The molecule has 2 N–H and O–H groups in total. The summed E-state index contributed by atoms with van der Waals surface area (Å²) < 4.78 is 0.979. The van der Waals surface area contributed by atoms with Crippen molar-refractivity contribution >= 4 is 51.9 Å². The van der Waals surface area contributed by atoms with Crippen molar-refractivity contribution in [1.82, 2.24) is 10.2 Å². The molecule has 118 valence electrons. The van der Waals surface area contributed by atoms with Crippen LogP contribution in [0.4, 0.5) is 5.69 Å². The van der Waals surface area contributed by atoms with Crippen LogP contribution in [0.2, 0.25) is 0 Å². The number of amides is 4. The topological polar surface area (TPSA) is 95.6 Å². The fourth-order valence-electron chi connectivity index (χ4n) is 2.52. The minimum atomic E-state index is -0.945. The number of halogens is 1. The van der Waals surface area contributed by atoms with Crippen molar-refractivity contribution in [3.63, 3.8) is 0 Å². The van der Waals surface area contributed by atoms with Gasteiger partial charge in [0.05, 0.1) is 0 Å². The molecule has 2 heterocycles. The van der Waals surface area contributed by atoms with Gasteiger partial charge in [0.15, 0.2) is 0 Å². The van der Waals surface area contributed by atoms with Gasteiger partial charge in [0.1, 0.15) is 11.7 Å². The summed E-state index contributed by atoms with van der Waals surface area (Å²) in [5, 5.41) is 5.05. The third kappa shape index (κ3) is 3.11. The summed E-state index contributed by atoms with van der Waals surface area (Å²) in [6.45, 7) is 0. The Morgan fingerprint density at radius 3 is 2.70 bits per heavy atom. The first-order valence-corrected chi connectivity index (χ1v) is 7.99. The van der Waals surface area contributed by atoms with E-state index in [1.165, 1.54) is 6.08 Å². The van der Waals surface area contributed by atoms with Crippen LogP contribution in [-0.4, -0.2) is 34.6 Å². The summed E-state index contributed by atoms with van der Waals surface area (Å²) in [5.41, 5.74) is 0.788. The lowest BCUT2D eigenvalue weighted by molar-refractivity contribution is -0.149. The molecule has 0 aliphatic carbocycles. The van der Waals surface area contributed by atoms with E-state index in [0.29, 0.717) is 5.69 Å². The minimum absolute atomic E-state index is 0.104. The maximum absolute atomic E-state index is 12.4. The van der Waals surface area contributed by atoms with Gasteiger partial charge in [0.2, 0.25) is 11.8 Å². The van der Waals surface area contributed by atoms with E-state index in [4.69, 9.17) is 0 Å². The normalized spacial score (nSPS) is 21.3. The number of hydrogen-bond acceptors (Lipinski definition) is 5. The van der Waals surface area contributed by atoms with Crippen molar-refractivity contribution in [2.75, 3.05) is 5.32 Å². The number of nitrogens with one attached hydrogen (secondary N) is 2. The molecular formula is C15H12IN3O4. The highest BCUT2D eigenvalue weighted by atomic mass is 127. The zero-order valence-corrected chi connectivity index (χ0v) is 14.0. The predicted octanol–water partition coefficient (Wildman–Crippen LogP) is 0.761. The molecule has 0 radical (unpaired) electrons. The van der Waals surface area contributed by atoms with Crippen LogP contribution in [-0.2, 0) is 19.2 Å². The Labute approximate surface area is 145 Å². The van der Waals surface area contributed by atoms with Gasteiger partial charge in [0.25, 0.3) is 11.8 Å². The van der Waals surface area contributed by atoms with E-state index >= 15 is 0 Å². The average Bonchev–Trinajstić information content (AvgIpc) is 2.74. The highest BCUT2D eigenvalue weighted by Gasteiger charge is 2.42. The van der Waals surface area contributed by atoms with Gasteiger partial charge in [-0.15, -0.1) is 0 Å². The summed E-state index contributed by atoms with van der Waals surface area (Å²) in [6.07, 6.45) is 1.42. The van der Waals surface area contributed by atoms with Gasteiger partial charge in [-0.2, -0.15) is 0 Å². The lowest BCUT2D eigenvalue weighted by atomic mass is 10.0. The fraction of sp³-hybridized carbons (Fsp3) is 0.200. The molecule has 1 unspecified atom stereocenters. The fourth-order valence-corrected chi connectivity index (χ4v) is 3.06. The van der Waals surface area contributed by atoms with E-state index in [-0.39, 0.29) is 18.5 Å². The molecule has 1 aromatic carbocycles. The second kappa shape index (κ2) is 6.11. The van der Waals surface area contributed by atoms with Crippen LogP contribution in [0.5, 0.6) is 0 Å². The predicted molar refractivity (Wildman–Crippen MR) is 88.9 cm³/mol. The molecule has 7 nitrogen and oxygen atoms in total.